The molecule has 0 bridgehead atoms. The number of hydrogen-bond acceptors (Lipinski definition) is 2. The number of rotatable bonds is 3. The maximum Gasteiger partial charge on any atom is 0.182 e. The second-order valence-corrected chi connectivity index (χ2v) is 4.77. The van der Waals surface area contributed by atoms with Crippen LogP contribution < -0.4 is 5.32 Å². The van der Waals surface area contributed by atoms with Crippen LogP contribution in [0.2, 0.25) is 5.02 Å². The molecule has 0 aliphatic heterocycles. The summed E-state index contributed by atoms with van der Waals surface area (Å²) < 4.78 is 39.0. The fourth-order valence-electron chi connectivity index (χ4n) is 1.31. The monoisotopic (exact) mass is 277 g/mol. The van der Waals surface area contributed by atoms with Crippen molar-refractivity contribution in [3.8, 4) is 0 Å². The van der Waals surface area contributed by atoms with Crippen LogP contribution in [-0.2, 0) is 6.54 Å². The summed E-state index contributed by atoms with van der Waals surface area (Å²) in [6.07, 6.45) is 0. The van der Waals surface area contributed by atoms with E-state index in [0.29, 0.717) is 11.1 Å². The highest BCUT2D eigenvalue weighted by atomic mass is 35.5. The molecule has 90 valence electrons. The molecule has 17 heavy (non-hydrogen) atoms. The zero-order chi connectivity index (χ0) is 12.4. The second-order valence-electron chi connectivity index (χ2n) is 3.33. The molecule has 2 aromatic rings. The van der Waals surface area contributed by atoms with E-state index >= 15 is 0 Å². The third-order valence-corrected chi connectivity index (χ3v) is 3.35. The number of hydrogen-bond donors (Lipinski definition) is 1. The maximum atomic E-state index is 13.3. The lowest BCUT2D eigenvalue weighted by molar-refractivity contribution is 0.497. The highest BCUT2D eigenvalue weighted by Gasteiger charge is 2.10. The van der Waals surface area contributed by atoms with Crippen LogP contribution in [0.15, 0.2) is 23.6 Å². The molecule has 0 atom stereocenters. The molecule has 0 unspecified atom stereocenters. The minimum atomic E-state index is -1.21. The lowest BCUT2D eigenvalue weighted by Gasteiger charge is -2.06. The van der Waals surface area contributed by atoms with Gasteiger partial charge < -0.3 is 5.32 Å². The SMILES string of the molecule is Fc1cc(F)c(F)c(NCc2cc(Cl)cs2)c1. The Morgan fingerprint density at radius 2 is 1.94 bits per heavy atom. The van der Waals surface area contributed by atoms with Crippen molar-refractivity contribution in [3.05, 3.63) is 50.9 Å². The van der Waals surface area contributed by atoms with Crippen LogP contribution in [0.5, 0.6) is 0 Å². The molecule has 0 aliphatic carbocycles. The first-order valence-electron chi connectivity index (χ1n) is 4.67. The largest absolute Gasteiger partial charge is 0.378 e. The van der Waals surface area contributed by atoms with Crippen molar-refractivity contribution in [2.75, 3.05) is 5.32 Å². The summed E-state index contributed by atoms with van der Waals surface area (Å²) in [7, 11) is 0. The van der Waals surface area contributed by atoms with Gasteiger partial charge in [-0.1, -0.05) is 11.6 Å². The molecule has 0 fully saturated rings. The number of benzene rings is 1. The molecule has 0 aliphatic rings. The average molecular weight is 278 g/mol. The van der Waals surface area contributed by atoms with Crippen LogP contribution in [0.25, 0.3) is 0 Å². The van der Waals surface area contributed by atoms with Crippen LogP contribution in [0, 0.1) is 17.5 Å². The van der Waals surface area contributed by atoms with E-state index in [1.165, 1.54) is 11.3 Å². The van der Waals surface area contributed by atoms with Crippen molar-refractivity contribution < 1.29 is 13.2 Å². The average Bonchev–Trinajstić information content (AvgIpc) is 2.67. The molecule has 0 saturated heterocycles. The van der Waals surface area contributed by atoms with Crippen LogP contribution in [0.3, 0.4) is 0 Å². The van der Waals surface area contributed by atoms with Gasteiger partial charge in [-0.05, 0) is 6.07 Å². The molecule has 0 amide bonds. The Bertz CT molecular complexity index is 542. The van der Waals surface area contributed by atoms with Gasteiger partial charge in [-0.3, -0.25) is 0 Å². The van der Waals surface area contributed by atoms with Crippen molar-refractivity contribution in [2.45, 2.75) is 6.54 Å². The lowest BCUT2D eigenvalue weighted by atomic mass is 10.2. The van der Waals surface area contributed by atoms with E-state index in [4.69, 9.17) is 11.6 Å². The molecule has 0 saturated carbocycles. The van der Waals surface area contributed by atoms with Gasteiger partial charge in [0.05, 0.1) is 10.7 Å². The number of anilines is 1. The summed E-state index contributed by atoms with van der Waals surface area (Å²) >= 11 is 7.09. The summed E-state index contributed by atoms with van der Waals surface area (Å²) in [6, 6.07) is 3.11. The van der Waals surface area contributed by atoms with Crippen LogP contribution >= 0.6 is 22.9 Å². The summed E-state index contributed by atoms with van der Waals surface area (Å²) in [5.41, 5.74) is -0.202. The highest BCUT2D eigenvalue weighted by Crippen LogP contribution is 2.23. The predicted molar refractivity (Wildman–Crippen MR) is 63.0 cm³/mol. The molecule has 1 aromatic carbocycles. The Morgan fingerprint density at radius 1 is 1.18 bits per heavy atom. The zero-order valence-electron chi connectivity index (χ0n) is 8.44. The van der Waals surface area contributed by atoms with Gasteiger partial charge in [0.1, 0.15) is 5.82 Å². The molecule has 0 radical (unpaired) electrons. The van der Waals surface area contributed by atoms with E-state index in [9.17, 15) is 13.2 Å². The van der Waals surface area contributed by atoms with Crippen LogP contribution in [-0.4, -0.2) is 0 Å². The van der Waals surface area contributed by atoms with E-state index < -0.39 is 17.5 Å². The van der Waals surface area contributed by atoms with Gasteiger partial charge in [0.25, 0.3) is 0 Å². The van der Waals surface area contributed by atoms with Crippen molar-refractivity contribution in [2.24, 2.45) is 0 Å². The van der Waals surface area contributed by atoms with Gasteiger partial charge in [0.2, 0.25) is 0 Å². The maximum absolute atomic E-state index is 13.3. The Morgan fingerprint density at radius 3 is 2.59 bits per heavy atom. The molecule has 1 heterocycles. The van der Waals surface area contributed by atoms with Gasteiger partial charge >= 0.3 is 0 Å². The predicted octanol–water partition coefficient (Wildman–Crippen LogP) is 4.43. The van der Waals surface area contributed by atoms with E-state index in [2.05, 4.69) is 5.32 Å². The van der Waals surface area contributed by atoms with E-state index in [0.717, 1.165) is 10.9 Å². The highest BCUT2D eigenvalue weighted by molar-refractivity contribution is 7.10. The smallest absolute Gasteiger partial charge is 0.182 e. The minimum absolute atomic E-state index is 0.202. The van der Waals surface area contributed by atoms with Crippen LogP contribution in [0.1, 0.15) is 4.88 Å². The van der Waals surface area contributed by atoms with Gasteiger partial charge in [0, 0.05) is 28.9 Å². The topological polar surface area (TPSA) is 12.0 Å². The van der Waals surface area contributed by atoms with Gasteiger partial charge in [-0.25, -0.2) is 13.2 Å². The molecule has 1 aromatic heterocycles. The number of halogens is 4. The van der Waals surface area contributed by atoms with Crippen molar-refractivity contribution in [1.29, 1.82) is 0 Å². The second kappa shape index (κ2) is 4.98. The van der Waals surface area contributed by atoms with Crippen molar-refractivity contribution in [3.63, 3.8) is 0 Å². The molecular weight excluding hydrogens is 271 g/mol. The molecule has 1 N–H and O–H groups in total. The fraction of sp³-hybridized carbons (Fsp3) is 0.0909. The first kappa shape index (κ1) is 12.3. The summed E-state index contributed by atoms with van der Waals surface area (Å²) in [5, 5.41) is 4.93. The quantitative estimate of drug-likeness (QED) is 0.819. The van der Waals surface area contributed by atoms with E-state index in [-0.39, 0.29) is 12.2 Å². The number of thiophene rings is 1. The first-order valence-corrected chi connectivity index (χ1v) is 5.93. The lowest BCUT2D eigenvalue weighted by Crippen LogP contribution is -2.02. The standard InChI is InChI=1S/C11H7ClF3NS/c12-6-1-8(17-5-6)4-16-10-3-7(13)2-9(14)11(10)15/h1-3,5,16H,4H2. The Labute approximate surface area is 105 Å². The molecule has 2 rings (SSSR count). The third-order valence-electron chi connectivity index (χ3n) is 2.07. The van der Waals surface area contributed by atoms with Gasteiger partial charge in [0.15, 0.2) is 11.6 Å². The third kappa shape index (κ3) is 2.92. The van der Waals surface area contributed by atoms with E-state index in [1.807, 2.05) is 0 Å². The number of nitrogens with one attached hydrogen (secondary N) is 1. The molecular formula is C11H7ClF3NS. The minimum Gasteiger partial charge on any atom is -0.378 e. The Hall–Kier alpha value is -1.20. The molecule has 0 spiro atoms. The van der Waals surface area contributed by atoms with E-state index in [1.54, 1.807) is 11.4 Å². The van der Waals surface area contributed by atoms with Gasteiger partial charge in [-0.2, -0.15) is 0 Å². The summed E-state index contributed by atoms with van der Waals surface area (Å²) in [4.78, 5) is 0.846. The summed E-state index contributed by atoms with van der Waals surface area (Å²) in [6.45, 7) is 0.261. The summed E-state index contributed by atoms with van der Waals surface area (Å²) in [5.74, 6) is -3.12. The normalized spacial score (nSPS) is 10.6. The fourth-order valence-corrected chi connectivity index (χ4v) is 2.33. The van der Waals surface area contributed by atoms with Crippen molar-refractivity contribution >= 4 is 28.6 Å². The first-order chi connectivity index (χ1) is 8.06. The van der Waals surface area contributed by atoms with Gasteiger partial charge in [-0.15, -0.1) is 11.3 Å². The zero-order valence-corrected chi connectivity index (χ0v) is 10.0. The Kier molecular flexibility index (Phi) is 3.59. The van der Waals surface area contributed by atoms with Crippen molar-refractivity contribution in [1.82, 2.24) is 0 Å². The van der Waals surface area contributed by atoms with Crippen LogP contribution in [0.4, 0.5) is 18.9 Å². The molecule has 1 nitrogen and oxygen atoms in total. The Balaban J connectivity index is 2.14. The molecule has 6 heteroatoms.